The molecule has 146 valence electrons. The lowest BCUT2D eigenvalue weighted by atomic mass is 10.0. The van der Waals surface area contributed by atoms with Gasteiger partial charge in [-0.1, -0.05) is 30.3 Å². The molecule has 1 heterocycles. The fourth-order valence-corrected chi connectivity index (χ4v) is 3.75. The molecular formula is C22H25N3O2S. The molecule has 2 aromatic carbocycles. The molecule has 0 saturated heterocycles. The van der Waals surface area contributed by atoms with Gasteiger partial charge in [-0.15, -0.1) is 11.3 Å². The van der Waals surface area contributed by atoms with Crippen molar-refractivity contribution in [2.45, 2.75) is 40.2 Å². The highest BCUT2D eigenvalue weighted by atomic mass is 32.1. The van der Waals surface area contributed by atoms with Crippen LogP contribution in [0.2, 0.25) is 0 Å². The fourth-order valence-electron chi connectivity index (χ4n) is 2.92. The number of rotatable bonds is 4. The Balaban J connectivity index is 1.82. The molecular weight excluding hydrogens is 370 g/mol. The smallest absolute Gasteiger partial charge is 0.254 e. The van der Waals surface area contributed by atoms with Gasteiger partial charge >= 0.3 is 0 Å². The minimum Gasteiger partial charge on any atom is -0.324 e. The number of thiazole rings is 1. The number of aromatic nitrogens is 1. The number of hydrogen-bond donors (Lipinski definition) is 1. The van der Waals surface area contributed by atoms with Crippen LogP contribution >= 0.6 is 11.3 Å². The Morgan fingerprint density at radius 2 is 1.75 bits per heavy atom. The molecule has 3 rings (SSSR count). The highest BCUT2D eigenvalue weighted by Crippen LogP contribution is 2.23. The summed E-state index contributed by atoms with van der Waals surface area (Å²) < 4.78 is 0. The van der Waals surface area contributed by atoms with Crippen molar-refractivity contribution in [3.8, 4) is 0 Å². The standard InChI is InChI=1S/C22H25N3O2S/c1-14-15(2)28-21(23-14)24-19(26)13-25(22(3,4)5)20(27)18-11-10-16-8-6-7-9-17(16)12-18/h6-12H,13H2,1-5H3,(H,23,24,26). The molecule has 1 N–H and O–H groups in total. The van der Waals surface area contributed by atoms with Crippen LogP contribution in [0.15, 0.2) is 42.5 Å². The molecule has 5 nitrogen and oxygen atoms in total. The zero-order chi connectivity index (χ0) is 20.5. The number of carbonyl (C=O) groups is 2. The summed E-state index contributed by atoms with van der Waals surface area (Å²) in [5.41, 5.74) is 0.969. The van der Waals surface area contributed by atoms with Crippen molar-refractivity contribution in [3.63, 3.8) is 0 Å². The Morgan fingerprint density at radius 3 is 2.36 bits per heavy atom. The zero-order valence-electron chi connectivity index (χ0n) is 16.9. The van der Waals surface area contributed by atoms with Crippen molar-refractivity contribution in [1.29, 1.82) is 0 Å². The lowest BCUT2D eigenvalue weighted by Crippen LogP contribution is -2.49. The predicted octanol–water partition coefficient (Wildman–Crippen LogP) is 4.79. The Bertz CT molecular complexity index is 1010. The van der Waals surface area contributed by atoms with E-state index in [9.17, 15) is 9.59 Å². The minimum absolute atomic E-state index is 0.0349. The molecule has 3 aromatic rings. The van der Waals surface area contributed by atoms with E-state index >= 15 is 0 Å². The fraction of sp³-hybridized carbons (Fsp3) is 0.318. The third-order valence-corrected chi connectivity index (χ3v) is 5.62. The van der Waals surface area contributed by atoms with Gasteiger partial charge in [-0.05, 0) is 57.5 Å². The van der Waals surface area contributed by atoms with Crippen molar-refractivity contribution < 1.29 is 9.59 Å². The SMILES string of the molecule is Cc1nc(NC(=O)CN(C(=O)c2ccc3ccccc3c2)C(C)(C)C)sc1C. The highest BCUT2D eigenvalue weighted by molar-refractivity contribution is 7.15. The lowest BCUT2D eigenvalue weighted by Gasteiger charge is -2.35. The predicted molar refractivity (Wildman–Crippen MR) is 115 cm³/mol. The van der Waals surface area contributed by atoms with Crippen LogP contribution in [0.25, 0.3) is 10.8 Å². The normalized spacial score (nSPS) is 11.5. The van der Waals surface area contributed by atoms with E-state index in [0.29, 0.717) is 10.7 Å². The number of nitrogens with zero attached hydrogens (tertiary/aromatic N) is 2. The third-order valence-electron chi connectivity index (χ3n) is 4.63. The largest absolute Gasteiger partial charge is 0.324 e. The van der Waals surface area contributed by atoms with Gasteiger partial charge in [0.1, 0.15) is 6.54 Å². The molecule has 1 aromatic heterocycles. The van der Waals surface area contributed by atoms with E-state index in [-0.39, 0.29) is 18.4 Å². The Hall–Kier alpha value is -2.73. The monoisotopic (exact) mass is 395 g/mol. The topological polar surface area (TPSA) is 62.3 Å². The minimum atomic E-state index is -0.505. The van der Waals surface area contributed by atoms with Gasteiger partial charge in [-0.2, -0.15) is 0 Å². The summed E-state index contributed by atoms with van der Waals surface area (Å²) in [6.45, 7) is 9.62. The lowest BCUT2D eigenvalue weighted by molar-refractivity contribution is -0.117. The third kappa shape index (κ3) is 4.39. The van der Waals surface area contributed by atoms with Gasteiger partial charge in [0.25, 0.3) is 5.91 Å². The van der Waals surface area contributed by atoms with Gasteiger partial charge in [0.05, 0.1) is 5.69 Å². The molecule has 0 unspecified atom stereocenters. The zero-order valence-corrected chi connectivity index (χ0v) is 17.7. The summed E-state index contributed by atoms with van der Waals surface area (Å²) in [7, 11) is 0. The first-order chi connectivity index (χ1) is 13.1. The molecule has 6 heteroatoms. The van der Waals surface area contributed by atoms with E-state index in [1.165, 1.54) is 11.3 Å². The number of carbonyl (C=O) groups excluding carboxylic acids is 2. The quantitative estimate of drug-likeness (QED) is 0.691. The van der Waals surface area contributed by atoms with Crippen molar-refractivity contribution in [2.75, 3.05) is 11.9 Å². The number of nitrogens with one attached hydrogen (secondary N) is 1. The summed E-state index contributed by atoms with van der Waals surface area (Å²) in [5, 5.41) is 5.46. The maximum Gasteiger partial charge on any atom is 0.254 e. The first-order valence-corrected chi connectivity index (χ1v) is 10.0. The highest BCUT2D eigenvalue weighted by Gasteiger charge is 2.29. The molecule has 0 aliphatic heterocycles. The van der Waals surface area contributed by atoms with Gasteiger partial charge in [-0.25, -0.2) is 4.98 Å². The Labute approximate surface area is 169 Å². The molecule has 0 bridgehead atoms. The van der Waals surface area contributed by atoms with Crippen LogP contribution < -0.4 is 5.32 Å². The Kier molecular flexibility index (Phi) is 5.52. The second-order valence-electron chi connectivity index (χ2n) is 7.83. The summed E-state index contributed by atoms with van der Waals surface area (Å²) in [5.74, 6) is -0.419. The molecule has 0 atom stereocenters. The molecule has 2 amide bonds. The van der Waals surface area contributed by atoms with E-state index in [4.69, 9.17) is 0 Å². The van der Waals surface area contributed by atoms with Crippen molar-refractivity contribution in [1.82, 2.24) is 9.88 Å². The first kappa shape index (κ1) is 20.0. The summed E-state index contributed by atoms with van der Waals surface area (Å²) in [6.07, 6.45) is 0. The summed E-state index contributed by atoms with van der Waals surface area (Å²) in [4.78, 5) is 32.8. The molecule has 0 radical (unpaired) electrons. The number of fused-ring (bicyclic) bond motifs is 1. The van der Waals surface area contributed by atoms with Gasteiger partial charge in [-0.3, -0.25) is 9.59 Å². The van der Waals surface area contributed by atoms with Gasteiger partial charge < -0.3 is 10.2 Å². The molecule has 0 aliphatic carbocycles. The van der Waals surface area contributed by atoms with Crippen LogP contribution in [0, 0.1) is 13.8 Å². The van der Waals surface area contributed by atoms with E-state index in [2.05, 4.69) is 10.3 Å². The second-order valence-corrected chi connectivity index (χ2v) is 9.04. The van der Waals surface area contributed by atoms with Crippen LogP contribution in [0.1, 0.15) is 41.7 Å². The van der Waals surface area contributed by atoms with Crippen molar-refractivity contribution in [2.24, 2.45) is 0 Å². The van der Waals surface area contributed by atoms with Crippen LogP contribution in [-0.2, 0) is 4.79 Å². The van der Waals surface area contributed by atoms with Crippen LogP contribution in [0.4, 0.5) is 5.13 Å². The summed E-state index contributed by atoms with van der Waals surface area (Å²) in [6, 6.07) is 13.5. The molecule has 0 spiro atoms. The van der Waals surface area contributed by atoms with Gasteiger partial charge in [0.2, 0.25) is 5.91 Å². The van der Waals surface area contributed by atoms with Crippen LogP contribution in [0.3, 0.4) is 0 Å². The van der Waals surface area contributed by atoms with E-state index < -0.39 is 5.54 Å². The van der Waals surface area contributed by atoms with Gasteiger partial charge in [0.15, 0.2) is 5.13 Å². The van der Waals surface area contributed by atoms with Crippen LogP contribution in [-0.4, -0.2) is 33.8 Å². The van der Waals surface area contributed by atoms with Crippen molar-refractivity contribution >= 4 is 39.1 Å². The van der Waals surface area contributed by atoms with E-state index in [1.54, 1.807) is 4.90 Å². The van der Waals surface area contributed by atoms with E-state index in [0.717, 1.165) is 21.3 Å². The van der Waals surface area contributed by atoms with Crippen LogP contribution in [0.5, 0.6) is 0 Å². The molecule has 0 fully saturated rings. The number of amides is 2. The van der Waals surface area contributed by atoms with Gasteiger partial charge in [0, 0.05) is 16.0 Å². The number of anilines is 1. The molecule has 0 saturated carbocycles. The summed E-state index contributed by atoms with van der Waals surface area (Å²) >= 11 is 1.44. The maximum absolute atomic E-state index is 13.2. The molecule has 0 aliphatic rings. The van der Waals surface area contributed by atoms with Crippen molar-refractivity contribution in [3.05, 3.63) is 58.6 Å². The number of aryl methyl sites for hydroxylation is 2. The average molecular weight is 396 g/mol. The second kappa shape index (κ2) is 7.72. The molecule has 28 heavy (non-hydrogen) atoms. The Morgan fingerprint density at radius 1 is 1.07 bits per heavy atom. The average Bonchev–Trinajstić information content (AvgIpc) is 2.95. The van der Waals surface area contributed by atoms with E-state index in [1.807, 2.05) is 77.1 Å². The maximum atomic E-state index is 13.2. The first-order valence-electron chi connectivity index (χ1n) is 9.20. The number of hydrogen-bond acceptors (Lipinski definition) is 4. The number of benzene rings is 2.